The molecule has 0 atom stereocenters. The van der Waals surface area contributed by atoms with Gasteiger partial charge in [0.25, 0.3) is 11.8 Å². The molecular weight excluding hydrogens is 562 g/mol. The second-order valence-corrected chi connectivity index (χ2v) is 8.89. The molecule has 1 aromatic carbocycles. The van der Waals surface area contributed by atoms with Crippen LogP contribution >= 0.6 is 11.6 Å². The molecule has 40 heavy (non-hydrogen) atoms. The molecule has 3 heterocycles. The van der Waals surface area contributed by atoms with Crippen molar-refractivity contribution in [1.29, 1.82) is 0 Å². The van der Waals surface area contributed by atoms with E-state index in [0.29, 0.717) is 28.3 Å². The van der Waals surface area contributed by atoms with E-state index in [4.69, 9.17) is 11.6 Å². The molecule has 206 valence electrons. The van der Waals surface area contributed by atoms with Gasteiger partial charge in [0.15, 0.2) is 0 Å². The van der Waals surface area contributed by atoms with Gasteiger partial charge in [0.1, 0.15) is 11.4 Å². The summed E-state index contributed by atoms with van der Waals surface area (Å²) in [6.07, 6.45) is -8.07. The van der Waals surface area contributed by atoms with Crippen molar-refractivity contribution in [2.45, 2.75) is 26.2 Å². The van der Waals surface area contributed by atoms with E-state index in [0.717, 1.165) is 26.0 Å². The van der Waals surface area contributed by atoms with E-state index < -0.39 is 35.6 Å². The standard InChI is InChI=1S/C27H17ClF6N4O2/c1-14-17(7-10-22(36-14)26(29,30)31)24(39)38(25(40)18-8-11-23(27(32,33)34)37-15(18)2)16-6-9-20(28)19(13-16)21-5-3-4-12-35-21/h3-13H,1-2H3. The Morgan fingerprint density at radius 1 is 0.750 bits per heavy atom. The zero-order chi connectivity index (χ0) is 29.4. The number of carbonyl (C=O) groups is 2. The topological polar surface area (TPSA) is 76.1 Å². The SMILES string of the molecule is Cc1nc(C(F)(F)F)ccc1C(=O)N(C(=O)c1ccc(C(F)(F)F)nc1C)c1ccc(Cl)c(-c2ccccn2)c1. The number of hydrogen-bond acceptors (Lipinski definition) is 5. The molecule has 3 aromatic heterocycles. The van der Waals surface area contributed by atoms with Gasteiger partial charge in [0, 0.05) is 11.8 Å². The van der Waals surface area contributed by atoms with E-state index in [1.165, 1.54) is 24.4 Å². The third-order valence-electron chi connectivity index (χ3n) is 5.77. The summed E-state index contributed by atoms with van der Waals surface area (Å²) in [5.41, 5.74) is -3.18. The summed E-state index contributed by atoms with van der Waals surface area (Å²) < 4.78 is 79.0. The number of nitrogens with zero attached hydrogens (tertiary/aromatic N) is 4. The van der Waals surface area contributed by atoms with E-state index in [1.807, 2.05) is 0 Å². The summed E-state index contributed by atoms with van der Waals surface area (Å²) in [7, 11) is 0. The summed E-state index contributed by atoms with van der Waals surface area (Å²) in [6.45, 7) is 2.33. The first-order valence-electron chi connectivity index (χ1n) is 11.4. The molecule has 6 nitrogen and oxygen atoms in total. The maximum absolute atomic E-state index is 13.7. The molecule has 0 aliphatic carbocycles. The Labute approximate surface area is 228 Å². The first kappa shape index (κ1) is 28.7. The number of aryl methyl sites for hydroxylation is 2. The molecule has 0 unspecified atom stereocenters. The molecule has 0 spiro atoms. The number of benzene rings is 1. The number of anilines is 1. The van der Waals surface area contributed by atoms with Crippen molar-refractivity contribution in [3.8, 4) is 11.3 Å². The minimum Gasteiger partial charge on any atom is -0.268 e. The largest absolute Gasteiger partial charge is 0.433 e. The molecule has 4 rings (SSSR count). The molecule has 0 aliphatic rings. The monoisotopic (exact) mass is 578 g/mol. The molecule has 0 bridgehead atoms. The van der Waals surface area contributed by atoms with Gasteiger partial charge in [-0.2, -0.15) is 26.3 Å². The van der Waals surface area contributed by atoms with Gasteiger partial charge in [-0.1, -0.05) is 17.7 Å². The van der Waals surface area contributed by atoms with Crippen LogP contribution < -0.4 is 4.90 Å². The Bertz CT molecular complexity index is 1530. The lowest BCUT2D eigenvalue weighted by Gasteiger charge is -2.24. The van der Waals surface area contributed by atoms with Crippen molar-refractivity contribution >= 4 is 29.1 Å². The van der Waals surface area contributed by atoms with Crippen molar-refractivity contribution in [2.75, 3.05) is 4.90 Å². The van der Waals surface area contributed by atoms with Gasteiger partial charge in [-0.15, -0.1) is 0 Å². The number of pyridine rings is 3. The van der Waals surface area contributed by atoms with Gasteiger partial charge in [-0.3, -0.25) is 14.6 Å². The van der Waals surface area contributed by atoms with Crippen LogP contribution in [0.15, 0.2) is 66.9 Å². The normalized spacial score (nSPS) is 11.8. The third kappa shape index (κ3) is 5.81. The average molecular weight is 579 g/mol. The molecule has 0 radical (unpaired) electrons. The second-order valence-electron chi connectivity index (χ2n) is 8.48. The van der Waals surface area contributed by atoms with Gasteiger partial charge < -0.3 is 0 Å². The number of imide groups is 1. The maximum atomic E-state index is 13.7. The Balaban J connectivity index is 1.88. The highest BCUT2D eigenvalue weighted by molar-refractivity contribution is 6.33. The summed E-state index contributed by atoms with van der Waals surface area (Å²) >= 11 is 6.34. The van der Waals surface area contributed by atoms with Gasteiger partial charge >= 0.3 is 12.4 Å². The highest BCUT2D eigenvalue weighted by Gasteiger charge is 2.36. The van der Waals surface area contributed by atoms with Crippen LogP contribution in [0.25, 0.3) is 11.3 Å². The fourth-order valence-electron chi connectivity index (χ4n) is 3.83. The Morgan fingerprint density at radius 2 is 1.27 bits per heavy atom. The molecule has 0 N–H and O–H groups in total. The van der Waals surface area contributed by atoms with Crippen LogP contribution in [-0.4, -0.2) is 26.8 Å². The first-order valence-corrected chi connectivity index (χ1v) is 11.8. The number of alkyl halides is 6. The van der Waals surface area contributed by atoms with Crippen molar-refractivity contribution in [3.63, 3.8) is 0 Å². The van der Waals surface area contributed by atoms with Crippen molar-refractivity contribution < 1.29 is 35.9 Å². The fraction of sp³-hybridized carbons (Fsp3) is 0.148. The summed E-state index contributed by atoms with van der Waals surface area (Å²) in [5, 5.41) is 0.210. The minimum absolute atomic E-state index is 0.0707. The predicted molar refractivity (Wildman–Crippen MR) is 134 cm³/mol. The molecule has 0 fully saturated rings. The quantitative estimate of drug-likeness (QED) is 0.187. The predicted octanol–water partition coefficient (Wildman–Crippen LogP) is 7.33. The number of aromatic nitrogens is 3. The van der Waals surface area contributed by atoms with Crippen LogP contribution in [0.3, 0.4) is 0 Å². The average Bonchev–Trinajstić information content (AvgIpc) is 2.89. The Morgan fingerprint density at radius 3 is 1.70 bits per heavy atom. The molecule has 2 amide bonds. The van der Waals surface area contributed by atoms with Crippen LogP contribution in [0.4, 0.5) is 32.0 Å². The highest BCUT2D eigenvalue weighted by Crippen LogP contribution is 2.34. The van der Waals surface area contributed by atoms with E-state index in [-0.39, 0.29) is 33.2 Å². The van der Waals surface area contributed by atoms with Crippen LogP contribution in [0, 0.1) is 13.8 Å². The fourth-order valence-corrected chi connectivity index (χ4v) is 4.04. The van der Waals surface area contributed by atoms with Crippen LogP contribution in [0.2, 0.25) is 5.02 Å². The van der Waals surface area contributed by atoms with Crippen molar-refractivity contribution in [1.82, 2.24) is 15.0 Å². The Kier molecular flexibility index (Phi) is 7.66. The van der Waals surface area contributed by atoms with Crippen molar-refractivity contribution in [2.24, 2.45) is 0 Å². The number of carbonyl (C=O) groups excluding carboxylic acids is 2. The molecule has 13 heteroatoms. The summed E-state index contributed by atoms with van der Waals surface area (Å²) in [6, 6.07) is 11.9. The van der Waals surface area contributed by atoms with Gasteiger partial charge in [0.05, 0.1) is 38.9 Å². The van der Waals surface area contributed by atoms with Gasteiger partial charge in [-0.05, 0) is 68.4 Å². The molecule has 0 saturated carbocycles. The molecule has 0 saturated heterocycles. The number of rotatable bonds is 4. The van der Waals surface area contributed by atoms with Gasteiger partial charge in [0.2, 0.25) is 0 Å². The van der Waals surface area contributed by atoms with E-state index in [2.05, 4.69) is 15.0 Å². The maximum Gasteiger partial charge on any atom is 0.433 e. The summed E-state index contributed by atoms with van der Waals surface area (Å²) in [4.78, 5) is 39.2. The van der Waals surface area contributed by atoms with Gasteiger partial charge in [-0.25, -0.2) is 14.9 Å². The molecule has 4 aromatic rings. The van der Waals surface area contributed by atoms with E-state index in [1.54, 1.807) is 18.2 Å². The number of halogens is 7. The smallest absolute Gasteiger partial charge is 0.268 e. The Hall–Kier alpha value is -4.32. The van der Waals surface area contributed by atoms with E-state index >= 15 is 0 Å². The highest BCUT2D eigenvalue weighted by atomic mass is 35.5. The van der Waals surface area contributed by atoms with Crippen LogP contribution in [-0.2, 0) is 12.4 Å². The minimum atomic E-state index is -4.78. The van der Waals surface area contributed by atoms with Crippen molar-refractivity contribution in [3.05, 3.63) is 106 Å². The third-order valence-corrected chi connectivity index (χ3v) is 6.10. The summed E-state index contributed by atoms with van der Waals surface area (Å²) in [5.74, 6) is -2.14. The van der Waals surface area contributed by atoms with Crippen LogP contribution in [0.1, 0.15) is 43.5 Å². The number of hydrogen-bond donors (Lipinski definition) is 0. The van der Waals surface area contributed by atoms with Crippen LogP contribution in [0.5, 0.6) is 0 Å². The number of amides is 2. The molecule has 0 aliphatic heterocycles. The second kappa shape index (κ2) is 10.7. The first-order chi connectivity index (χ1) is 18.7. The lowest BCUT2D eigenvalue weighted by molar-refractivity contribution is -0.142. The molecular formula is C27H17ClF6N4O2. The lowest BCUT2D eigenvalue weighted by atomic mass is 10.1. The zero-order valence-electron chi connectivity index (χ0n) is 20.6. The lowest BCUT2D eigenvalue weighted by Crippen LogP contribution is -2.38. The van der Waals surface area contributed by atoms with E-state index in [9.17, 15) is 35.9 Å². The zero-order valence-corrected chi connectivity index (χ0v) is 21.4.